The standard InChI is InChI=1S/C10H24N2O2/c1-3-9(7-13)11-5-6-12-10(4-2)8-14/h9-14H,3-8H2,1-2H3/t9-,10-/m0/s1/i1D3,2D3,3D2,4D2,5D2,6D2. The minimum Gasteiger partial charge on any atom is -0.395 e. The molecule has 0 radical (unpaired) electrons. The Balaban J connectivity index is 5.75. The molecule has 14 heavy (non-hydrogen) atoms. The molecule has 0 spiro atoms. The van der Waals surface area contributed by atoms with Crippen molar-refractivity contribution in [3.05, 3.63) is 0 Å². The third-order valence-electron chi connectivity index (χ3n) is 1.27. The molecule has 2 atom stereocenters. The topological polar surface area (TPSA) is 64.5 Å². The molecule has 0 saturated heterocycles. The fourth-order valence-corrected chi connectivity index (χ4v) is 0.501. The van der Waals surface area contributed by atoms with Gasteiger partial charge in [0, 0.05) is 44.3 Å². The highest BCUT2D eigenvalue weighted by atomic mass is 16.3. The van der Waals surface area contributed by atoms with E-state index < -0.39 is 64.7 Å². The predicted octanol–water partition coefficient (Wildman–Crippen LogP) is -0.293. The Hall–Kier alpha value is -0.160. The Morgan fingerprint density at radius 3 is 1.79 bits per heavy atom. The summed E-state index contributed by atoms with van der Waals surface area (Å²) in [4.78, 5) is 0. The lowest BCUT2D eigenvalue weighted by molar-refractivity contribution is 0.229. The summed E-state index contributed by atoms with van der Waals surface area (Å²) in [6, 6.07) is -4.20. The van der Waals surface area contributed by atoms with E-state index in [0.717, 1.165) is 0 Å². The monoisotopic (exact) mass is 218 g/mol. The lowest BCUT2D eigenvalue weighted by Gasteiger charge is -2.17. The molecular weight excluding hydrogens is 180 g/mol. The van der Waals surface area contributed by atoms with Crippen LogP contribution in [0.25, 0.3) is 0 Å². The predicted molar refractivity (Wildman–Crippen MR) is 58.3 cm³/mol. The van der Waals surface area contributed by atoms with Crippen molar-refractivity contribution in [2.24, 2.45) is 0 Å². The van der Waals surface area contributed by atoms with Gasteiger partial charge in [0.1, 0.15) is 0 Å². The Kier molecular flexibility index (Phi) is 2.13. The van der Waals surface area contributed by atoms with Crippen molar-refractivity contribution in [1.82, 2.24) is 10.6 Å². The highest BCUT2D eigenvalue weighted by Crippen LogP contribution is 1.89. The Bertz CT molecular complexity index is 471. The summed E-state index contributed by atoms with van der Waals surface area (Å²) in [7, 11) is 0. The average Bonchev–Trinajstić information content (AvgIpc) is 2.47. The molecule has 0 amide bonds. The highest BCUT2D eigenvalue weighted by molar-refractivity contribution is 4.67. The van der Waals surface area contributed by atoms with E-state index in [0.29, 0.717) is 0 Å². The van der Waals surface area contributed by atoms with Crippen LogP contribution in [0.4, 0.5) is 0 Å². The number of rotatable bonds is 9. The van der Waals surface area contributed by atoms with Gasteiger partial charge in [-0.05, 0) is 12.7 Å². The lowest BCUT2D eigenvalue weighted by atomic mass is 10.2. The van der Waals surface area contributed by atoms with E-state index in [1.807, 2.05) is 0 Å². The van der Waals surface area contributed by atoms with Gasteiger partial charge in [-0.15, -0.1) is 0 Å². The minimum atomic E-state index is -3.32. The summed E-state index contributed by atoms with van der Waals surface area (Å²) in [5.74, 6) is 0. The van der Waals surface area contributed by atoms with Crippen molar-refractivity contribution in [3.63, 3.8) is 0 Å². The molecule has 0 unspecified atom stereocenters. The average molecular weight is 218 g/mol. The number of hydrogen-bond donors (Lipinski definition) is 4. The number of aliphatic hydroxyl groups excluding tert-OH is 2. The maximum absolute atomic E-state index is 9.28. The van der Waals surface area contributed by atoms with E-state index in [4.69, 9.17) is 19.2 Å². The van der Waals surface area contributed by atoms with Crippen LogP contribution in [0.1, 0.15) is 45.6 Å². The van der Waals surface area contributed by atoms with Crippen molar-refractivity contribution in [2.75, 3.05) is 26.2 Å². The lowest BCUT2D eigenvalue weighted by Crippen LogP contribution is -2.40. The smallest absolute Gasteiger partial charge is 0.0584 e. The van der Waals surface area contributed by atoms with Crippen LogP contribution in [0.15, 0.2) is 0 Å². The van der Waals surface area contributed by atoms with Crippen molar-refractivity contribution in [2.45, 2.75) is 38.5 Å². The maximum atomic E-state index is 9.28. The molecule has 0 aliphatic carbocycles. The maximum Gasteiger partial charge on any atom is 0.0584 e. The fraction of sp³-hybridized carbons (Fsp3) is 1.00. The number of hydrogen-bond acceptors (Lipinski definition) is 4. The third kappa shape index (κ3) is 6.32. The molecule has 4 heteroatoms. The van der Waals surface area contributed by atoms with E-state index in [1.165, 1.54) is 0 Å². The van der Waals surface area contributed by atoms with Crippen molar-refractivity contribution in [1.29, 1.82) is 0 Å². The van der Waals surface area contributed by atoms with Crippen molar-refractivity contribution in [3.8, 4) is 0 Å². The first-order valence-electron chi connectivity index (χ1n) is 10.9. The molecule has 4 N–H and O–H groups in total. The van der Waals surface area contributed by atoms with Crippen LogP contribution in [-0.4, -0.2) is 48.5 Å². The molecule has 0 rings (SSSR count). The van der Waals surface area contributed by atoms with Crippen LogP contribution >= 0.6 is 0 Å². The summed E-state index contributed by atoms with van der Waals surface area (Å²) >= 11 is 0. The van der Waals surface area contributed by atoms with E-state index >= 15 is 0 Å². The molecule has 0 aromatic rings. The van der Waals surface area contributed by atoms with Gasteiger partial charge in [-0.3, -0.25) is 0 Å². The second kappa shape index (κ2) is 9.40. The molecule has 86 valence electrons. The molecule has 0 aromatic carbocycles. The van der Waals surface area contributed by atoms with Gasteiger partial charge < -0.3 is 20.8 Å². The Morgan fingerprint density at radius 1 is 1.07 bits per heavy atom. The summed E-state index contributed by atoms with van der Waals surface area (Å²) in [6.07, 6.45) is -6.34. The van der Waals surface area contributed by atoms with Gasteiger partial charge in [0.15, 0.2) is 0 Å². The summed E-state index contributed by atoms with van der Waals surface area (Å²) in [6.45, 7) is -15.7. The van der Waals surface area contributed by atoms with Gasteiger partial charge in [-0.2, -0.15) is 0 Å². The third-order valence-corrected chi connectivity index (χ3v) is 1.27. The second-order valence-corrected chi connectivity index (χ2v) is 2.30. The first-order chi connectivity index (χ1) is 12.1. The van der Waals surface area contributed by atoms with E-state index in [2.05, 4.69) is 0 Å². The van der Waals surface area contributed by atoms with Crippen molar-refractivity contribution >= 4 is 0 Å². The molecule has 4 nitrogen and oxygen atoms in total. The molecular formula is C10H24N2O2. The van der Waals surface area contributed by atoms with Gasteiger partial charge in [-0.25, -0.2) is 0 Å². The molecule has 0 fully saturated rings. The molecule has 0 aromatic heterocycles. The van der Waals surface area contributed by atoms with Crippen LogP contribution in [0, 0.1) is 0 Å². The number of nitrogens with one attached hydrogen (secondary N) is 2. The van der Waals surface area contributed by atoms with Gasteiger partial charge in [0.2, 0.25) is 0 Å². The molecule has 0 saturated carbocycles. The second-order valence-electron chi connectivity index (χ2n) is 2.30. The highest BCUT2D eigenvalue weighted by Gasteiger charge is 2.04. The first-order valence-corrected chi connectivity index (χ1v) is 3.85. The summed E-state index contributed by atoms with van der Waals surface area (Å²) in [5.41, 5.74) is 0. The SMILES string of the molecule is [2H]C([2H])([2H])C([2H])([2H])[C@@H](CO)NC([2H])([2H])C([2H])([2H])N[C@H](CO)C([2H])([2H])C([2H])([2H])[2H]. The van der Waals surface area contributed by atoms with Gasteiger partial charge in [0.25, 0.3) is 0 Å². The molecule has 0 aliphatic rings. The zero-order chi connectivity index (χ0) is 23.0. The van der Waals surface area contributed by atoms with E-state index in [1.54, 1.807) is 10.6 Å². The fourth-order valence-electron chi connectivity index (χ4n) is 0.501. The molecule has 0 aliphatic heterocycles. The van der Waals surface area contributed by atoms with Crippen LogP contribution < -0.4 is 10.6 Å². The largest absolute Gasteiger partial charge is 0.395 e. The zero-order valence-corrected chi connectivity index (χ0v) is 7.46. The quantitative estimate of drug-likeness (QED) is 0.429. The Labute approximate surface area is 106 Å². The van der Waals surface area contributed by atoms with Crippen LogP contribution in [0.3, 0.4) is 0 Å². The van der Waals surface area contributed by atoms with Crippen LogP contribution in [0.2, 0.25) is 0 Å². The Morgan fingerprint density at radius 2 is 1.50 bits per heavy atom. The summed E-state index contributed by atoms with van der Waals surface area (Å²) in [5, 5.41) is 22.0. The van der Waals surface area contributed by atoms with Gasteiger partial charge >= 0.3 is 0 Å². The van der Waals surface area contributed by atoms with E-state index in [9.17, 15) is 10.2 Å². The summed E-state index contributed by atoms with van der Waals surface area (Å²) < 4.78 is 104. The molecule has 0 bridgehead atoms. The van der Waals surface area contributed by atoms with Gasteiger partial charge in [0.05, 0.1) is 13.2 Å². The van der Waals surface area contributed by atoms with Crippen molar-refractivity contribution < 1.29 is 29.4 Å². The number of aliphatic hydroxyl groups is 2. The normalized spacial score (nSPS) is 36.1. The van der Waals surface area contributed by atoms with Crippen LogP contribution in [0.5, 0.6) is 0 Å². The van der Waals surface area contributed by atoms with Gasteiger partial charge in [-0.1, -0.05) is 13.7 Å². The zero-order valence-electron chi connectivity index (χ0n) is 21.5. The molecule has 0 heterocycles. The van der Waals surface area contributed by atoms with Crippen LogP contribution in [-0.2, 0) is 0 Å². The van der Waals surface area contributed by atoms with E-state index in [-0.39, 0.29) is 0 Å². The first kappa shape index (κ1) is 3.17. The minimum absolute atomic E-state index is 1.22.